The molecule has 2 unspecified atom stereocenters. The zero-order valence-electron chi connectivity index (χ0n) is 20.3. The van der Waals surface area contributed by atoms with Gasteiger partial charge < -0.3 is 10.5 Å². The van der Waals surface area contributed by atoms with E-state index in [9.17, 15) is 4.79 Å². The lowest BCUT2D eigenvalue weighted by Crippen LogP contribution is -2.56. The number of amides is 1. The van der Waals surface area contributed by atoms with Gasteiger partial charge in [0.15, 0.2) is 0 Å². The van der Waals surface area contributed by atoms with E-state index in [0.717, 1.165) is 22.3 Å². The Morgan fingerprint density at radius 2 is 1.68 bits per heavy atom. The van der Waals surface area contributed by atoms with Gasteiger partial charge in [-0.15, -0.1) is 6.58 Å². The molecule has 0 aliphatic carbocycles. The van der Waals surface area contributed by atoms with Crippen molar-refractivity contribution in [2.24, 2.45) is 5.73 Å². The van der Waals surface area contributed by atoms with E-state index in [2.05, 4.69) is 30.8 Å². The van der Waals surface area contributed by atoms with Crippen LogP contribution in [0.5, 0.6) is 5.75 Å². The molecule has 0 fully saturated rings. The highest BCUT2D eigenvalue weighted by Gasteiger charge is 2.40. The van der Waals surface area contributed by atoms with Gasteiger partial charge in [-0.1, -0.05) is 78.3 Å². The van der Waals surface area contributed by atoms with Gasteiger partial charge in [0.25, 0.3) is 0 Å². The van der Waals surface area contributed by atoms with Gasteiger partial charge >= 0.3 is 0 Å². The van der Waals surface area contributed by atoms with Gasteiger partial charge in [0.05, 0.1) is 11.1 Å². The first kappa shape index (κ1) is 25.5. The molecule has 0 bridgehead atoms. The van der Waals surface area contributed by atoms with E-state index in [1.165, 1.54) is 0 Å². The summed E-state index contributed by atoms with van der Waals surface area (Å²) >= 11 is 6.47. The number of rotatable bonds is 10. The second kappa shape index (κ2) is 10.9. The fourth-order valence-corrected chi connectivity index (χ4v) is 4.39. The summed E-state index contributed by atoms with van der Waals surface area (Å²) in [6.07, 6.45) is 2.08. The van der Waals surface area contributed by atoms with Crippen LogP contribution in [-0.4, -0.2) is 29.5 Å². The Kier molecular flexibility index (Phi) is 8.19. The molecule has 2 atom stereocenters. The highest BCUT2D eigenvalue weighted by Crippen LogP contribution is 2.34. The predicted octanol–water partition coefficient (Wildman–Crippen LogP) is 6.44. The van der Waals surface area contributed by atoms with Crippen molar-refractivity contribution >= 4 is 17.5 Å². The SMILES string of the molecule is C=CC(Cc1ccc(-c2ccccc2)cc1)(C(N)=O)N(C)C(C)c1ccc(OC(C)C)c(Cl)c1. The van der Waals surface area contributed by atoms with Gasteiger partial charge in [0, 0.05) is 12.5 Å². The number of primary amides is 1. The minimum Gasteiger partial charge on any atom is -0.489 e. The molecule has 0 spiro atoms. The van der Waals surface area contributed by atoms with Crippen molar-refractivity contribution in [3.63, 3.8) is 0 Å². The molecule has 0 heterocycles. The number of hydrogen-bond donors (Lipinski definition) is 1. The maximum Gasteiger partial charge on any atom is 0.242 e. The van der Waals surface area contributed by atoms with Gasteiger partial charge in [-0.3, -0.25) is 9.69 Å². The fourth-order valence-electron chi connectivity index (χ4n) is 4.15. The minimum atomic E-state index is -1.08. The third-order valence-electron chi connectivity index (χ3n) is 6.31. The minimum absolute atomic E-state index is 0.0278. The molecular weight excluding hydrogens is 444 g/mol. The Morgan fingerprint density at radius 3 is 2.21 bits per heavy atom. The van der Waals surface area contributed by atoms with Crippen molar-refractivity contribution in [2.45, 2.75) is 44.9 Å². The van der Waals surface area contributed by atoms with E-state index in [1.54, 1.807) is 6.08 Å². The third-order valence-corrected chi connectivity index (χ3v) is 6.61. The summed E-state index contributed by atoms with van der Waals surface area (Å²) in [5, 5.41) is 0.534. The quantitative estimate of drug-likeness (QED) is 0.342. The van der Waals surface area contributed by atoms with Crippen LogP contribution in [0.2, 0.25) is 5.02 Å². The van der Waals surface area contributed by atoms with Crippen molar-refractivity contribution in [3.8, 4) is 16.9 Å². The molecule has 3 aromatic rings. The van der Waals surface area contributed by atoms with Crippen molar-refractivity contribution in [1.82, 2.24) is 4.90 Å². The second-order valence-corrected chi connectivity index (χ2v) is 9.28. The van der Waals surface area contributed by atoms with Crippen molar-refractivity contribution in [3.05, 3.63) is 102 Å². The number of ether oxygens (including phenoxy) is 1. The second-order valence-electron chi connectivity index (χ2n) is 8.88. The maximum absolute atomic E-state index is 12.8. The first-order chi connectivity index (χ1) is 16.2. The van der Waals surface area contributed by atoms with Gasteiger partial charge in [-0.05, 0) is 62.2 Å². The van der Waals surface area contributed by atoms with E-state index in [0.29, 0.717) is 17.2 Å². The number of carbonyl (C=O) groups excluding carboxylic acids is 1. The Hall–Kier alpha value is -3.08. The fraction of sp³-hybridized carbons (Fsp3) is 0.276. The molecule has 3 aromatic carbocycles. The Labute approximate surface area is 208 Å². The lowest BCUT2D eigenvalue weighted by molar-refractivity contribution is -0.127. The molecule has 178 valence electrons. The van der Waals surface area contributed by atoms with Gasteiger partial charge in [-0.25, -0.2) is 0 Å². The van der Waals surface area contributed by atoms with E-state index >= 15 is 0 Å². The number of hydrogen-bond acceptors (Lipinski definition) is 3. The highest BCUT2D eigenvalue weighted by molar-refractivity contribution is 6.32. The standard InChI is InChI=1S/C29H33ClN2O2/c1-6-29(28(31)33,19-22-12-14-24(15-13-22)23-10-8-7-9-11-23)32(5)21(4)25-16-17-27(26(30)18-25)34-20(2)3/h6-18,20-21H,1,19H2,2-5H3,(H2,31,33). The van der Waals surface area contributed by atoms with Crippen LogP contribution in [0.25, 0.3) is 11.1 Å². The molecule has 0 aliphatic heterocycles. The Balaban J connectivity index is 1.87. The molecular formula is C29H33ClN2O2. The molecule has 0 aliphatic rings. The Morgan fingerprint density at radius 1 is 1.06 bits per heavy atom. The van der Waals surface area contributed by atoms with Crippen molar-refractivity contribution in [1.29, 1.82) is 0 Å². The smallest absolute Gasteiger partial charge is 0.242 e. The normalized spacial score (nSPS) is 14.0. The first-order valence-electron chi connectivity index (χ1n) is 11.4. The lowest BCUT2D eigenvalue weighted by atomic mass is 9.86. The van der Waals surface area contributed by atoms with Gasteiger partial charge in [0.1, 0.15) is 11.3 Å². The lowest BCUT2D eigenvalue weighted by Gasteiger charge is -2.41. The van der Waals surface area contributed by atoms with Crippen LogP contribution in [0.4, 0.5) is 0 Å². The average Bonchev–Trinajstić information content (AvgIpc) is 2.83. The van der Waals surface area contributed by atoms with E-state index in [4.69, 9.17) is 22.1 Å². The number of nitrogens with two attached hydrogens (primary N) is 1. The molecule has 3 rings (SSSR count). The molecule has 0 saturated heterocycles. The molecule has 0 saturated carbocycles. The van der Waals surface area contributed by atoms with Crippen LogP contribution >= 0.6 is 11.6 Å². The number of likely N-dealkylation sites (N-methyl/N-ethyl adjacent to an activating group) is 1. The van der Waals surface area contributed by atoms with Crippen LogP contribution in [0.3, 0.4) is 0 Å². The molecule has 4 nitrogen and oxygen atoms in total. The largest absolute Gasteiger partial charge is 0.489 e. The van der Waals surface area contributed by atoms with Gasteiger partial charge in [0.2, 0.25) is 5.91 Å². The van der Waals surface area contributed by atoms with Crippen molar-refractivity contribution < 1.29 is 9.53 Å². The number of nitrogens with zero attached hydrogens (tertiary/aromatic N) is 1. The monoisotopic (exact) mass is 476 g/mol. The molecule has 5 heteroatoms. The van der Waals surface area contributed by atoms with Crippen molar-refractivity contribution in [2.75, 3.05) is 7.05 Å². The summed E-state index contributed by atoms with van der Waals surface area (Å²) < 4.78 is 5.75. The average molecular weight is 477 g/mol. The van der Waals surface area contributed by atoms with E-state index in [1.807, 2.05) is 81.2 Å². The topological polar surface area (TPSA) is 55.6 Å². The molecule has 0 radical (unpaired) electrons. The summed E-state index contributed by atoms with van der Waals surface area (Å²) in [5.41, 5.74) is 9.12. The zero-order chi connectivity index (χ0) is 24.9. The number of halogens is 1. The summed E-state index contributed by atoms with van der Waals surface area (Å²) in [6, 6.07) is 23.9. The first-order valence-corrected chi connectivity index (χ1v) is 11.8. The van der Waals surface area contributed by atoms with Crippen LogP contribution in [0.1, 0.15) is 37.9 Å². The number of benzene rings is 3. The Bertz CT molecular complexity index is 1130. The summed E-state index contributed by atoms with van der Waals surface area (Å²) in [4.78, 5) is 14.8. The third kappa shape index (κ3) is 5.52. The predicted molar refractivity (Wildman–Crippen MR) is 141 cm³/mol. The highest BCUT2D eigenvalue weighted by atomic mass is 35.5. The molecule has 0 aromatic heterocycles. The zero-order valence-corrected chi connectivity index (χ0v) is 21.0. The molecule has 1 amide bonds. The molecule has 2 N–H and O–H groups in total. The van der Waals surface area contributed by atoms with Crippen LogP contribution < -0.4 is 10.5 Å². The summed E-state index contributed by atoms with van der Waals surface area (Å²) in [6.45, 7) is 9.92. The summed E-state index contributed by atoms with van der Waals surface area (Å²) in [5.74, 6) is 0.188. The van der Waals surface area contributed by atoms with Crippen LogP contribution in [-0.2, 0) is 11.2 Å². The van der Waals surface area contributed by atoms with Crippen LogP contribution in [0, 0.1) is 0 Å². The van der Waals surface area contributed by atoms with Crippen LogP contribution in [0.15, 0.2) is 85.5 Å². The van der Waals surface area contributed by atoms with E-state index < -0.39 is 11.4 Å². The summed E-state index contributed by atoms with van der Waals surface area (Å²) in [7, 11) is 1.89. The van der Waals surface area contributed by atoms with Gasteiger partial charge in [-0.2, -0.15) is 0 Å². The number of carbonyl (C=O) groups is 1. The molecule has 34 heavy (non-hydrogen) atoms. The maximum atomic E-state index is 12.8. The van der Waals surface area contributed by atoms with E-state index in [-0.39, 0.29) is 12.1 Å².